The first-order valence-corrected chi connectivity index (χ1v) is 8.37. The first-order valence-electron chi connectivity index (χ1n) is 7.05. The van der Waals surface area contributed by atoms with Crippen LogP contribution in [0.2, 0.25) is 0 Å². The smallest absolute Gasteiger partial charge is 0.255 e. The van der Waals surface area contributed by atoms with Gasteiger partial charge < -0.3 is 5.32 Å². The van der Waals surface area contributed by atoms with Crippen LogP contribution in [0.5, 0.6) is 0 Å². The predicted octanol–water partition coefficient (Wildman–Crippen LogP) is 3.38. The molecule has 0 spiro atoms. The minimum absolute atomic E-state index is 0.184. The summed E-state index contributed by atoms with van der Waals surface area (Å²) in [7, 11) is -0.966. The fourth-order valence-corrected chi connectivity index (χ4v) is 2.73. The zero-order chi connectivity index (χ0) is 16.2. The molecule has 2 rings (SSSR count). The Hall–Kier alpha value is -2.01. The summed E-state index contributed by atoms with van der Waals surface area (Å²) in [6, 6.07) is 10.8. The van der Waals surface area contributed by atoms with E-state index in [-0.39, 0.29) is 10.7 Å². The molecule has 1 amide bonds. The maximum Gasteiger partial charge on any atom is 0.255 e. The lowest BCUT2D eigenvalue weighted by molar-refractivity contribution is 0.102. The summed E-state index contributed by atoms with van der Waals surface area (Å²) in [5, 5.41) is 2.84. The summed E-state index contributed by atoms with van der Waals surface area (Å²) in [4.78, 5) is 16.0. The second kappa shape index (κ2) is 6.83. The number of hydrogen-bond acceptors (Lipinski definition) is 3. The Labute approximate surface area is 133 Å². The van der Waals surface area contributed by atoms with Crippen LogP contribution in [0.1, 0.15) is 36.7 Å². The fourth-order valence-electron chi connectivity index (χ4n) is 1.81. The molecular formula is C17H20N2O2S. The molecule has 0 aliphatic carbocycles. The van der Waals surface area contributed by atoms with Crippen LogP contribution in [0.25, 0.3) is 0 Å². The van der Waals surface area contributed by atoms with Crippen LogP contribution in [0.15, 0.2) is 48.8 Å². The largest absolute Gasteiger partial charge is 0.322 e. The Morgan fingerprint density at radius 1 is 1.18 bits per heavy atom. The van der Waals surface area contributed by atoms with Gasteiger partial charge in [-0.15, -0.1) is 0 Å². The molecule has 2 aromatic rings. The van der Waals surface area contributed by atoms with Crippen molar-refractivity contribution in [3.63, 3.8) is 0 Å². The molecule has 116 valence electrons. The van der Waals surface area contributed by atoms with Gasteiger partial charge in [-0.05, 0) is 50.6 Å². The number of rotatable bonds is 4. The number of amides is 1. The third-order valence-electron chi connectivity index (χ3n) is 3.11. The fraction of sp³-hybridized carbons (Fsp3) is 0.294. The van der Waals surface area contributed by atoms with Crippen molar-refractivity contribution >= 4 is 22.4 Å². The minimum Gasteiger partial charge on any atom is -0.322 e. The van der Waals surface area contributed by atoms with E-state index in [9.17, 15) is 9.00 Å². The van der Waals surface area contributed by atoms with E-state index in [1.165, 1.54) is 0 Å². The van der Waals surface area contributed by atoms with Gasteiger partial charge in [0.15, 0.2) is 0 Å². The Kier molecular flexibility index (Phi) is 5.08. The van der Waals surface area contributed by atoms with Crippen LogP contribution in [0, 0.1) is 0 Å². The molecular weight excluding hydrogens is 296 g/mol. The molecule has 0 aliphatic rings. The van der Waals surface area contributed by atoms with Gasteiger partial charge in [0.25, 0.3) is 5.91 Å². The number of nitrogens with one attached hydrogen (secondary N) is 1. The average Bonchev–Trinajstić information content (AvgIpc) is 2.47. The Morgan fingerprint density at radius 2 is 1.86 bits per heavy atom. The summed E-state index contributed by atoms with van der Waals surface area (Å²) in [6.45, 7) is 5.87. The topological polar surface area (TPSA) is 59.1 Å². The lowest BCUT2D eigenvalue weighted by Gasteiger charge is -2.18. The molecule has 0 fully saturated rings. The molecule has 4 nitrogen and oxygen atoms in total. The highest BCUT2D eigenvalue weighted by Crippen LogP contribution is 2.19. The van der Waals surface area contributed by atoms with Crippen molar-refractivity contribution in [2.45, 2.75) is 31.3 Å². The van der Waals surface area contributed by atoms with Gasteiger partial charge in [-0.25, -0.2) is 0 Å². The van der Waals surface area contributed by atoms with Crippen molar-refractivity contribution in [1.29, 1.82) is 0 Å². The average molecular weight is 316 g/mol. The van der Waals surface area contributed by atoms with Crippen molar-refractivity contribution in [1.82, 2.24) is 4.98 Å². The van der Waals surface area contributed by atoms with E-state index in [2.05, 4.69) is 10.3 Å². The van der Waals surface area contributed by atoms with Gasteiger partial charge in [0.05, 0.1) is 0 Å². The highest BCUT2D eigenvalue weighted by Gasteiger charge is 2.19. The number of benzene rings is 1. The van der Waals surface area contributed by atoms with E-state index in [1.807, 2.05) is 45.0 Å². The maximum absolute atomic E-state index is 12.2. The van der Waals surface area contributed by atoms with E-state index in [0.29, 0.717) is 17.0 Å². The Morgan fingerprint density at radius 3 is 2.50 bits per heavy atom. The van der Waals surface area contributed by atoms with Gasteiger partial charge in [0, 0.05) is 44.9 Å². The zero-order valence-electron chi connectivity index (χ0n) is 13.0. The van der Waals surface area contributed by atoms with Gasteiger partial charge in [-0.2, -0.15) is 0 Å². The van der Waals surface area contributed by atoms with Crippen molar-refractivity contribution < 1.29 is 9.00 Å². The van der Waals surface area contributed by atoms with Crippen molar-refractivity contribution in [3.05, 3.63) is 59.9 Å². The quantitative estimate of drug-likeness (QED) is 0.940. The number of pyridine rings is 1. The maximum atomic E-state index is 12.2. The summed E-state index contributed by atoms with van der Waals surface area (Å²) >= 11 is 0. The van der Waals surface area contributed by atoms with E-state index in [0.717, 1.165) is 5.56 Å². The molecule has 5 heteroatoms. The molecule has 1 aromatic carbocycles. The molecule has 0 bridgehead atoms. The molecule has 0 saturated heterocycles. The molecule has 1 aromatic heterocycles. The highest BCUT2D eigenvalue weighted by molar-refractivity contribution is 7.85. The number of anilines is 1. The van der Waals surface area contributed by atoms with E-state index < -0.39 is 10.8 Å². The van der Waals surface area contributed by atoms with Crippen LogP contribution in [-0.2, 0) is 16.6 Å². The highest BCUT2D eigenvalue weighted by atomic mass is 32.2. The molecule has 0 unspecified atom stereocenters. The zero-order valence-corrected chi connectivity index (χ0v) is 13.8. The summed E-state index contributed by atoms with van der Waals surface area (Å²) < 4.78 is 12.0. The second-order valence-electron chi connectivity index (χ2n) is 5.99. The molecule has 22 heavy (non-hydrogen) atoms. The third-order valence-corrected chi connectivity index (χ3v) is 5.07. The summed E-state index contributed by atoms with van der Waals surface area (Å²) in [5.41, 5.74) is 2.20. The van der Waals surface area contributed by atoms with Gasteiger partial charge in [-0.1, -0.05) is 12.1 Å². The van der Waals surface area contributed by atoms with Crippen molar-refractivity contribution in [3.8, 4) is 0 Å². The van der Waals surface area contributed by atoms with Gasteiger partial charge >= 0.3 is 0 Å². The molecule has 1 N–H and O–H groups in total. The molecule has 1 heterocycles. The molecule has 0 radical (unpaired) electrons. The molecule has 0 aliphatic heterocycles. The predicted molar refractivity (Wildman–Crippen MR) is 90.2 cm³/mol. The number of carbonyl (C=O) groups is 1. The molecule has 0 saturated carbocycles. The number of nitrogens with zero attached hydrogens (tertiary/aromatic N) is 1. The summed E-state index contributed by atoms with van der Waals surface area (Å²) in [6.07, 6.45) is 3.16. The Bertz CT molecular complexity index is 679. The monoisotopic (exact) mass is 316 g/mol. The van der Waals surface area contributed by atoms with Crippen LogP contribution >= 0.6 is 0 Å². The van der Waals surface area contributed by atoms with Gasteiger partial charge in [0.1, 0.15) is 0 Å². The van der Waals surface area contributed by atoms with Gasteiger partial charge in [-0.3, -0.25) is 14.0 Å². The van der Waals surface area contributed by atoms with Gasteiger partial charge in [0.2, 0.25) is 0 Å². The van der Waals surface area contributed by atoms with E-state index in [1.54, 1.807) is 24.5 Å². The van der Waals surface area contributed by atoms with E-state index in [4.69, 9.17) is 0 Å². The Balaban J connectivity index is 2.09. The number of hydrogen-bond donors (Lipinski definition) is 1. The first-order chi connectivity index (χ1) is 10.4. The van der Waals surface area contributed by atoms with E-state index >= 15 is 0 Å². The van der Waals surface area contributed by atoms with Crippen LogP contribution in [0.4, 0.5) is 5.69 Å². The minimum atomic E-state index is -0.966. The molecule has 1 atom stereocenters. The van der Waals surface area contributed by atoms with Crippen molar-refractivity contribution in [2.75, 3.05) is 5.32 Å². The lowest BCUT2D eigenvalue weighted by atomic mass is 10.2. The van der Waals surface area contributed by atoms with Crippen molar-refractivity contribution in [2.24, 2.45) is 0 Å². The lowest BCUT2D eigenvalue weighted by Crippen LogP contribution is -2.23. The second-order valence-corrected chi connectivity index (χ2v) is 8.20. The van der Waals surface area contributed by atoms with Crippen LogP contribution in [-0.4, -0.2) is 19.8 Å². The van der Waals surface area contributed by atoms with Crippen LogP contribution in [0.3, 0.4) is 0 Å². The first kappa shape index (κ1) is 16.4. The summed E-state index contributed by atoms with van der Waals surface area (Å²) in [5.74, 6) is 0.291. The SMILES string of the molecule is CC(C)(C)[S@@](=O)Cc1cccc(NC(=O)c2ccncc2)c1. The van der Waals surface area contributed by atoms with Crippen LogP contribution < -0.4 is 5.32 Å². The number of aromatic nitrogens is 1. The normalized spacial score (nSPS) is 12.7. The third kappa shape index (κ3) is 4.49. The standard InChI is InChI=1S/C17H20N2O2S/c1-17(2,3)22(21)12-13-5-4-6-15(11-13)19-16(20)14-7-9-18-10-8-14/h4-11H,12H2,1-3H3,(H,19,20)/t22-/m0/s1. The number of carbonyl (C=O) groups excluding carboxylic acids is 1.